The molecular formula is C19H21N5O3. The van der Waals surface area contributed by atoms with Crippen molar-refractivity contribution in [3.05, 3.63) is 65.2 Å². The summed E-state index contributed by atoms with van der Waals surface area (Å²) in [4.78, 5) is 23.8. The first kappa shape index (κ1) is 18.4. The maximum Gasteiger partial charge on any atom is 0.339 e. The Morgan fingerprint density at radius 3 is 2.33 bits per heavy atom. The third-order valence-electron chi connectivity index (χ3n) is 4.39. The molecule has 0 unspecified atom stereocenters. The van der Waals surface area contributed by atoms with E-state index in [0.29, 0.717) is 16.9 Å². The van der Waals surface area contributed by atoms with Crippen molar-refractivity contribution in [3.8, 4) is 5.69 Å². The van der Waals surface area contributed by atoms with E-state index in [9.17, 15) is 9.59 Å². The number of nitrogens with zero attached hydrogens (tertiary/aromatic N) is 4. The Balaban J connectivity index is 1.79. The lowest BCUT2D eigenvalue weighted by molar-refractivity contribution is 0.0695. The smallest absolute Gasteiger partial charge is 0.339 e. The number of hydrogen-bond donors (Lipinski definition) is 2. The molecule has 0 aliphatic heterocycles. The number of hydrogen-bond acceptors (Lipinski definition) is 4. The van der Waals surface area contributed by atoms with Crippen LogP contribution in [-0.4, -0.2) is 36.5 Å². The molecule has 2 N–H and O–H groups in total. The van der Waals surface area contributed by atoms with Gasteiger partial charge in [0.25, 0.3) is 5.91 Å². The van der Waals surface area contributed by atoms with Gasteiger partial charge >= 0.3 is 5.97 Å². The lowest BCUT2D eigenvalue weighted by Gasteiger charge is -2.24. The SMILES string of the molecule is Cc1c(C(=O)O)cnn1-c1ccc(C(=O)NC(C)(C)c2ccn(C)n2)cc1. The minimum Gasteiger partial charge on any atom is -0.478 e. The zero-order chi connectivity index (χ0) is 19.8. The number of aromatic nitrogens is 4. The molecule has 3 aromatic rings. The van der Waals surface area contributed by atoms with Crippen molar-refractivity contribution in [2.75, 3.05) is 0 Å². The van der Waals surface area contributed by atoms with Crippen LogP contribution >= 0.6 is 0 Å². The minimum absolute atomic E-state index is 0.147. The fraction of sp³-hybridized carbons (Fsp3) is 0.263. The normalized spacial score (nSPS) is 11.4. The number of benzene rings is 1. The van der Waals surface area contributed by atoms with Gasteiger partial charge in [0.1, 0.15) is 5.56 Å². The van der Waals surface area contributed by atoms with Gasteiger partial charge in [0.15, 0.2) is 0 Å². The van der Waals surface area contributed by atoms with Crippen LogP contribution in [0.15, 0.2) is 42.7 Å². The summed E-state index contributed by atoms with van der Waals surface area (Å²) in [6, 6.07) is 8.69. The Labute approximate surface area is 156 Å². The number of aryl methyl sites for hydroxylation is 1. The number of amides is 1. The van der Waals surface area contributed by atoms with Gasteiger partial charge in [-0.25, -0.2) is 9.48 Å². The highest BCUT2D eigenvalue weighted by molar-refractivity contribution is 5.95. The van der Waals surface area contributed by atoms with Crippen molar-refractivity contribution in [1.29, 1.82) is 0 Å². The third kappa shape index (κ3) is 3.59. The lowest BCUT2D eigenvalue weighted by atomic mass is 10.00. The molecule has 0 radical (unpaired) electrons. The Bertz CT molecular complexity index is 999. The van der Waals surface area contributed by atoms with E-state index in [1.165, 1.54) is 10.9 Å². The van der Waals surface area contributed by atoms with Crippen LogP contribution in [0, 0.1) is 6.92 Å². The molecule has 8 nitrogen and oxygen atoms in total. The van der Waals surface area contributed by atoms with Crippen LogP contribution in [0.2, 0.25) is 0 Å². The Hall–Kier alpha value is -3.42. The first-order chi connectivity index (χ1) is 12.7. The number of nitrogens with one attached hydrogen (secondary N) is 1. The van der Waals surface area contributed by atoms with Gasteiger partial charge in [-0.15, -0.1) is 0 Å². The number of carboxylic acids is 1. The molecule has 0 saturated carbocycles. The van der Waals surface area contributed by atoms with Crippen LogP contribution in [0.3, 0.4) is 0 Å². The monoisotopic (exact) mass is 367 g/mol. The molecule has 0 fully saturated rings. The molecule has 0 saturated heterocycles. The van der Waals surface area contributed by atoms with Crippen molar-refractivity contribution in [2.45, 2.75) is 26.3 Å². The summed E-state index contributed by atoms with van der Waals surface area (Å²) in [5.74, 6) is -1.24. The van der Waals surface area contributed by atoms with E-state index < -0.39 is 11.5 Å². The van der Waals surface area contributed by atoms with Crippen molar-refractivity contribution < 1.29 is 14.7 Å². The fourth-order valence-electron chi connectivity index (χ4n) is 2.80. The Kier molecular flexibility index (Phi) is 4.57. The largest absolute Gasteiger partial charge is 0.478 e. The van der Waals surface area contributed by atoms with Gasteiger partial charge in [0.05, 0.1) is 28.8 Å². The van der Waals surface area contributed by atoms with E-state index >= 15 is 0 Å². The molecule has 0 atom stereocenters. The molecule has 27 heavy (non-hydrogen) atoms. The number of carbonyl (C=O) groups is 2. The maximum absolute atomic E-state index is 12.6. The molecule has 0 aliphatic carbocycles. The standard InChI is InChI=1S/C19H21N5O3/c1-12-15(18(26)27)11-20-24(12)14-7-5-13(6-8-14)17(25)21-19(2,3)16-9-10-23(4)22-16/h5-11H,1-4H3,(H,21,25)(H,26,27). The first-order valence-electron chi connectivity index (χ1n) is 8.40. The van der Waals surface area contributed by atoms with Gasteiger partial charge in [0, 0.05) is 18.8 Å². The van der Waals surface area contributed by atoms with Crippen LogP contribution in [0.25, 0.3) is 5.69 Å². The van der Waals surface area contributed by atoms with Crippen molar-refractivity contribution in [3.63, 3.8) is 0 Å². The maximum atomic E-state index is 12.6. The molecule has 0 aliphatic rings. The van der Waals surface area contributed by atoms with Crippen LogP contribution in [0.1, 0.15) is 46.0 Å². The second-order valence-corrected chi connectivity index (χ2v) is 6.86. The van der Waals surface area contributed by atoms with Gasteiger partial charge in [0.2, 0.25) is 0 Å². The molecule has 3 rings (SSSR count). The first-order valence-corrected chi connectivity index (χ1v) is 8.40. The van der Waals surface area contributed by atoms with Gasteiger partial charge in [-0.1, -0.05) is 0 Å². The average Bonchev–Trinajstić information content (AvgIpc) is 3.21. The molecule has 0 spiro atoms. The molecule has 140 valence electrons. The molecule has 2 aromatic heterocycles. The highest BCUT2D eigenvalue weighted by Crippen LogP contribution is 2.19. The van der Waals surface area contributed by atoms with Crippen molar-refractivity contribution in [2.24, 2.45) is 7.05 Å². The Morgan fingerprint density at radius 2 is 1.81 bits per heavy atom. The highest BCUT2D eigenvalue weighted by Gasteiger charge is 2.26. The summed E-state index contributed by atoms with van der Waals surface area (Å²) in [5, 5.41) is 20.6. The summed E-state index contributed by atoms with van der Waals surface area (Å²) in [7, 11) is 1.83. The second-order valence-electron chi connectivity index (χ2n) is 6.86. The van der Waals surface area contributed by atoms with Gasteiger partial charge in [-0.2, -0.15) is 10.2 Å². The lowest BCUT2D eigenvalue weighted by Crippen LogP contribution is -2.41. The number of aromatic carboxylic acids is 1. The molecule has 8 heteroatoms. The third-order valence-corrected chi connectivity index (χ3v) is 4.39. The summed E-state index contributed by atoms with van der Waals surface area (Å²) >= 11 is 0. The Morgan fingerprint density at radius 1 is 1.15 bits per heavy atom. The molecule has 1 aromatic carbocycles. The average molecular weight is 367 g/mol. The summed E-state index contributed by atoms with van der Waals surface area (Å²) < 4.78 is 3.22. The van der Waals surface area contributed by atoms with Crippen LogP contribution in [-0.2, 0) is 12.6 Å². The molecular weight excluding hydrogens is 346 g/mol. The fourth-order valence-corrected chi connectivity index (χ4v) is 2.80. The molecule has 1 amide bonds. The summed E-state index contributed by atoms with van der Waals surface area (Å²) in [6.07, 6.45) is 3.14. The number of rotatable bonds is 5. The summed E-state index contributed by atoms with van der Waals surface area (Å²) in [5.41, 5.74) is 1.99. The number of carboxylic acid groups (broad SMARTS) is 1. The van der Waals surface area contributed by atoms with E-state index in [1.54, 1.807) is 35.9 Å². The van der Waals surface area contributed by atoms with Crippen LogP contribution < -0.4 is 5.32 Å². The van der Waals surface area contributed by atoms with Gasteiger partial charge in [-0.3, -0.25) is 9.48 Å². The minimum atomic E-state index is -1.02. The van der Waals surface area contributed by atoms with E-state index in [-0.39, 0.29) is 11.5 Å². The van der Waals surface area contributed by atoms with Crippen LogP contribution in [0.5, 0.6) is 0 Å². The molecule has 2 heterocycles. The number of carbonyl (C=O) groups excluding carboxylic acids is 1. The quantitative estimate of drug-likeness (QED) is 0.720. The molecule has 0 bridgehead atoms. The van der Waals surface area contributed by atoms with E-state index in [1.807, 2.05) is 33.2 Å². The van der Waals surface area contributed by atoms with Crippen molar-refractivity contribution >= 4 is 11.9 Å². The van der Waals surface area contributed by atoms with E-state index in [4.69, 9.17) is 5.11 Å². The highest BCUT2D eigenvalue weighted by atomic mass is 16.4. The van der Waals surface area contributed by atoms with Gasteiger partial charge < -0.3 is 10.4 Å². The summed E-state index contributed by atoms with van der Waals surface area (Å²) in [6.45, 7) is 5.47. The van der Waals surface area contributed by atoms with Crippen LogP contribution in [0.4, 0.5) is 0 Å². The van der Waals surface area contributed by atoms with Crippen molar-refractivity contribution in [1.82, 2.24) is 24.9 Å². The van der Waals surface area contributed by atoms with E-state index in [2.05, 4.69) is 15.5 Å². The predicted molar refractivity (Wildman–Crippen MR) is 99.0 cm³/mol. The topological polar surface area (TPSA) is 102 Å². The van der Waals surface area contributed by atoms with Gasteiger partial charge in [-0.05, 0) is 51.1 Å². The second kappa shape index (κ2) is 6.71. The zero-order valence-electron chi connectivity index (χ0n) is 15.6. The van der Waals surface area contributed by atoms with E-state index in [0.717, 1.165) is 5.69 Å². The zero-order valence-corrected chi connectivity index (χ0v) is 15.6. The predicted octanol–water partition coefficient (Wildman–Crippen LogP) is 2.28.